The van der Waals surface area contributed by atoms with Crippen LogP contribution >= 0.6 is 0 Å². The molecule has 0 aliphatic heterocycles. The van der Waals surface area contributed by atoms with Crippen LogP contribution in [0, 0.1) is 5.92 Å². The van der Waals surface area contributed by atoms with E-state index in [1.165, 1.54) is 37.7 Å². The van der Waals surface area contributed by atoms with Crippen molar-refractivity contribution in [1.29, 1.82) is 0 Å². The van der Waals surface area contributed by atoms with Crippen LogP contribution in [0.4, 0.5) is 11.6 Å². The van der Waals surface area contributed by atoms with Crippen molar-refractivity contribution in [2.24, 2.45) is 5.92 Å². The molecule has 0 saturated heterocycles. The maximum atomic E-state index is 4.54. The molecule has 2 rings (SSSR count). The van der Waals surface area contributed by atoms with Crippen molar-refractivity contribution < 1.29 is 0 Å². The lowest BCUT2D eigenvalue weighted by atomic mass is 9.83. The average Bonchev–Trinajstić information content (AvgIpc) is 2.48. The number of hydrogen-bond donors (Lipinski definition) is 2. The van der Waals surface area contributed by atoms with E-state index < -0.39 is 0 Å². The van der Waals surface area contributed by atoms with E-state index in [0.29, 0.717) is 12.0 Å². The molecule has 1 aromatic heterocycles. The first-order valence-corrected chi connectivity index (χ1v) is 8.52. The molecule has 118 valence electrons. The number of rotatable bonds is 6. The van der Waals surface area contributed by atoms with Crippen LogP contribution in [0.5, 0.6) is 0 Å². The summed E-state index contributed by atoms with van der Waals surface area (Å²) < 4.78 is 0. The lowest BCUT2D eigenvalue weighted by Crippen LogP contribution is -2.32. The van der Waals surface area contributed by atoms with Gasteiger partial charge in [0, 0.05) is 18.2 Å². The molecular weight excluding hydrogens is 260 g/mol. The minimum absolute atomic E-state index is 0.409. The average molecular weight is 290 g/mol. The highest BCUT2D eigenvalue weighted by atomic mass is 15.1. The topological polar surface area (TPSA) is 49.8 Å². The molecule has 0 bridgehead atoms. The first kappa shape index (κ1) is 16.1. The molecule has 1 saturated carbocycles. The highest BCUT2D eigenvalue weighted by Crippen LogP contribution is 2.33. The Morgan fingerprint density at radius 2 is 1.86 bits per heavy atom. The van der Waals surface area contributed by atoms with Crippen molar-refractivity contribution in [3.8, 4) is 0 Å². The molecule has 1 aliphatic rings. The fourth-order valence-corrected chi connectivity index (χ4v) is 3.43. The molecule has 21 heavy (non-hydrogen) atoms. The Hall–Kier alpha value is -1.32. The zero-order chi connectivity index (χ0) is 15.2. The second kappa shape index (κ2) is 7.62. The summed E-state index contributed by atoms with van der Waals surface area (Å²) in [7, 11) is 0. The van der Waals surface area contributed by atoms with Crippen molar-refractivity contribution in [3.05, 3.63) is 11.9 Å². The summed E-state index contributed by atoms with van der Waals surface area (Å²) in [6.07, 6.45) is 8.24. The molecule has 1 fully saturated rings. The van der Waals surface area contributed by atoms with Gasteiger partial charge in [0.2, 0.25) is 0 Å². The van der Waals surface area contributed by atoms with Crippen LogP contribution in [0.1, 0.15) is 71.3 Å². The van der Waals surface area contributed by atoms with Crippen molar-refractivity contribution in [2.45, 2.75) is 71.8 Å². The van der Waals surface area contributed by atoms with Crippen molar-refractivity contribution in [2.75, 3.05) is 17.2 Å². The monoisotopic (exact) mass is 290 g/mol. The van der Waals surface area contributed by atoms with Crippen molar-refractivity contribution in [1.82, 2.24) is 9.97 Å². The van der Waals surface area contributed by atoms with Gasteiger partial charge in [-0.1, -0.05) is 40.0 Å². The largest absolute Gasteiger partial charge is 0.370 e. The van der Waals surface area contributed by atoms with E-state index in [1.54, 1.807) is 6.33 Å². The molecule has 1 heterocycles. The molecule has 2 atom stereocenters. The fraction of sp³-hybridized carbons (Fsp3) is 0.765. The highest BCUT2D eigenvalue weighted by molar-refractivity contribution is 5.59. The van der Waals surface area contributed by atoms with Gasteiger partial charge in [-0.15, -0.1) is 0 Å². The number of aromatic nitrogens is 2. The van der Waals surface area contributed by atoms with Crippen LogP contribution in [0.15, 0.2) is 6.33 Å². The zero-order valence-electron chi connectivity index (χ0n) is 13.9. The summed E-state index contributed by atoms with van der Waals surface area (Å²) in [5, 5.41) is 7.11. The zero-order valence-corrected chi connectivity index (χ0v) is 13.9. The van der Waals surface area contributed by atoms with Gasteiger partial charge in [-0.2, -0.15) is 0 Å². The predicted octanol–water partition coefficient (Wildman–Crippen LogP) is 4.41. The van der Waals surface area contributed by atoms with Crippen LogP contribution in [-0.2, 0) is 0 Å². The quantitative estimate of drug-likeness (QED) is 0.814. The minimum Gasteiger partial charge on any atom is -0.370 e. The molecule has 2 unspecified atom stereocenters. The third kappa shape index (κ3) is 3.86. The van der Waals surface area contributed by atoms with E-state index in [2.05, 4.69) is 48.3 Å². The number of anilines is 2. The lowest BCUT2D eigenvalue weighted by molar-refractivity contribution is 0.316. The summed E-state index contributed by atoms with van der Waals surface area (Å²) >= 11 is 0. The van der Waals surface area contributed by atoms with E-state index in [9.17, 15) is 0 Å². The highest BCUT2D eigenvalue weighted by Gasteiger charge is 2.25. The first-order valence-electron chi connectivity index (χ1n) is 8.52. The van der Waals surface area contributed by atoms with Crippen LogP contribution in [0.3, 0.4) is 0 Å². The number of nitrogens with one attached hydrogen (secondary N) is 2. The standard InChI is InChI=1S/C17H30N4/c1-5-13-9-7-8-10-14(13)21-17-15(12(3)4)16(18-6-2)19-11-20-17/h11-14H,5-10H2,1-4H3,(H2,18,19,20,21). The normalized spacial score (nSPS) is 22.3. The molecule has 2 N–H and O–H groups in total. The van der Waals surface area contributed by atoms with Gasteiger partial charge in [0.1, 0.15) is 18.0 Å². The Kier molecular flexibility index (Phi) is 5.83. The summed E-state index contributed by atoms with van der Waals surface area (Å²) in [6.45, 7) is 9.72. The molecule has 4 nitrogen and oxygen atoms in total. The van der Waals surface area contributed by atoms with Gasteiger partial charge in [0.25, 0.3) is 0 Å². The first-order chi connectivity index (χ1) is 10.2. The summed E-state index contributed by atoms with van der Waals surface area (Å²) in [6, 6.07) is 0.561. The second-order valence-corrected chi connectivity index (χ2v) is 6.37. The van der Waals surface area contributed by atoms with Gasteiger partial charge in [-0.3, -0.25) is 0 Å². The van der Waals surface area contributed by atoms with Crippen molar-refractivity contribution >= 4 is 11.6 Å². The Labute approximate surface area is 129 Å². The Balaban J connectivity index is 2.23. The number of hydrogen-bond acceptors (Lipinski definition) is 4. The maximum Gasteiger partial charge on any atom is 0.135 e. The lowest BCUT2D eigenvalue weighted by Gasteiger charge is -2.33. The second-order valence-electron chi connectivity index (χ2n) is 6.37. The van der Waals surface area contributed by atoms with E-state index in [-0.39, 0.29) is 0 Å². The van der Waals surface area contributed by atoms with E-state index in [4.69, 9.17) is 0 Å². The smallest absolute Gasteiger partial charge is 0.135 e. The minimum atomic E-state index is 0.409. The molecule has 0 radical (unpaired) electrons. The SMILES string of the molecule is CCNc1ncnc(NC2CCCCC2CC)c1C(C)C. The van der Waals surface area contributed by atoms with E-state index in [0.717, 1.165) is 24.1 Å². The van der Waals surface area contributed by atoms with Gasteiger partial charge >= 0.3 is 0 Å². The van der Waals surface area contributed by atoms with Crippen LogP contribution in [-0.4, -0.2) is 22.6 Å². The molecule has 0 spiro atoms. The summed E-state index contributed by atoms with van der Waals surface area (Å²) in [4.78, 5) is 8.96. The molecule has 1 aliphatic carbocycles. The fourth-order valence-electron chi connectivity index (χ4n) is 3.43. The third-order valence-corrected chi connectivity index (χ3v) is 4.56. The molecular formula is C17H30N4. The Bertz CT molecular complexity index is 444. The summed E-state index contributed by atoms with van der Waals surface area (Å²) in [5.41, 5.74) is 1.22. The third-order valence-electron chi connectivity index (χ3n) is 4.56. The van der Waals surface area contributed by atoms with Gasteiger partial charge in [-0.25, -0.2) is 9.97 Å². The number of nitrogens with zero attached hydrogens (tertiary/aromatic N) is 2. The van der Waals surface area contributed by atoms with Gasteiger partial charge < -0.3 is 10.6 Å². The molecule has 0 aromatic carbocycles. The Morgan fingerprint density at radius 3 is 2.52 bits per heavy atom. The van der Waals surface area contributed by atoms with E-state index in [1.807, 2.05) is 0 Å². The van der Waals surface area contributed by atoms with Gasteiger partial charge in [0.15, 0.2) is 0 Å². The molecule has 0 amide bonds. The molecule has 1 aromatic rings. The summed E-state index contributed by atoms with van der Waals surface area (Å²) in [5.74, 6) is 3.19. The van der Waals surface area contributed by atoms with E-state index >= 15 is 0 Å². The predicted molar refractivity (Wildman–Crippen MR) is 89.9 cm³/mol. The van der Waals surface area contributed by atoms with Crippen LogP contribution in [0.25, 0.3) is 0 Å². The van der Waals surface area contributed by atoms with Gasteiger partial charge in [0.05, 0.1) is 0 Å². The van der Waals surface area contributed by atoms with Crippen molar-refractivity contribution in [3.63, 3.8) is 0 Å². The molecule has 4 heteroatoms. The van der Waals surface area contributed by atoms with Crippen LogP contribution < -0.4 is 10.6 Å². The van der Waals surface area contributed by atoms with Crippen LogP contribution in [0.2, 0.25) is 0 Å². The van der Waals surface area contributed by atoms with Gasteiger partial charge in [-0.05, 0) is 31.6 Å². The Morgan fingerprint density at radius 1 is 1.14 bits per heavy atom. The maximum absolute atomic E-state index is 4.54.